The van der Waals surface area contributed by atoms with E-state index in [-0.39, 0.29) is 10.6 Å². The van der Waals surface area contributed by atoms with Crippen LogP contribution in [0.5, 0.6) is 0 Å². The summed E-state index contributed by atoms with van der Waals surface area (Å²) in [5.41, 5.74) is 4.18. The number of hydrogen-bond donors (Lipinski definition) is 0. The fourth-order valence-corrected chi connectivity index (χ4v) is 5.71. The molecule has 9 nitrogen and oxygen atoms in total. The molecule has 11 heteroatoms. The molecule has 5 rings (SSSR count). The average molecular weight is 457 g/mol. The van der Waals surface area contributed by atoms with Crippen LogP contribution < -0.4 is 4.87 Å². The van der Waals surface area contributed by atoms with Crippen molar-refractivity contribution in [2.45, 2.75) is 19.9 Å². The molecule has 0 unspecified atom stereocenters. The highest BCUT2D eigenvalue weighted by molar-refractivity contribution is 7.89. The van der Waals surface area contributed by atoms with E-state index in [4.69, 9.17) is 4.98 Å². The van der Waals surface area contributed by atoms with Gasteiger partial charge in [0, 0.05) is 43.9 Å². The molecule has 0 fully saturated rings. The van der Waals surface area contributed by atoms with Crippen LogP contribution >= 0.6 is 11.3 Å². The summed E-state index contributed by atoms with van der Waals surface area (Å²) in [6, 6.07) is 5.77. The Hall–Kier alpha value is -2.89. The first kappa shape index (κ1) is 20.0. The standard InChI is InChI=1S/C20H20N6O3S2/c1-3-31(28,29)25-7-6-15-14(11-25)12-26(23-15)19-10-21-9-16(22-19)13-4-5-17-18(8-13)30-20(27)24(17)2/h4-5,8-10,12H,3,6-7,11H2,1-2H3. The van der Waals surface area contributed by atoms with E-state index < -0.39 is 10.0 Å². The number of aryl methyl sites for hydroxylation is 1. The lowest BCUT2D eigenvalue weighted by molar-refractivity contribution is 0.390. The summed E-state index contributed by atoms with van der Waals surface area (Å²) in [5, 5.41) is 4.61. The normalized spacial score (nSPS) is 14.8. The van der Waals surface area contributed by atoms with Crippen LogP contribution in [0.2, 0.25) is 0 Å². The molecule has 31 heavy (non-hydrogen) atoms. The molecule has 0 amide bonds. The molecule has 160 valence electrons. The molecule has 4 aromatic rings. The Morgan fingerprint density at radius 3 is 2.87 bits per heavy atom. The van der Waals surface area contributed by atoms with E-state index in [1.165, 1.54) is 15.6 Å². The van der Waals surface area contributed by atoms with Crippen LogP contribution in [0, 0.1) is 0 Å². The third-order valence-corrected chi connectivity index (χ3v) is 8.35. The summed E-state index contributed by atoms with van der Waals surface area (Å²) in [6.45, 7) is 2.41. The molecule has 0 saturated carbocycles. The summed E-state index contributed by atoms with van der Waals surface area (Å²) in [6.07, 6.45) is 5.70. The van der Waals surface area contributed by atoms with Gasteiger partial charge >= 0.3 is 4.87 Å². The van der Waals surface area contributed by atoms with Gasteiger partial charge in [-0.2, -0.15) is 9.40 Å². The van der Waals surface area contributed by atoms with E-state index in [1.807, 2.05) is 24.4 Å². The fourth-order valence-electron chi connectivity index (χ4n) is 3.72. The van der Waals surface area contributed by atoms with E-state index in [2.05, 4.69) is 10.1 Å². The van der Waals surface area contributed by atoms with E-state index in [0.29, 0.717) is 31.0 Å². The number of nitrogens with zero attached hydrogens (tertiary/aromatic N) is 6. The van der Waals surface area contributed by atoms with Gasteiger partial charge in [0.2, 0.25) is 10.0 Å². The minimum atomic E-state index is -3.24. The van der Waals surface area contributed by atoms with Crippen molar-refractivity contribution in [3.05, 3.63) is 57.7 Å². The highest BCUT2D eigenvalue weighted by Crippen LogP contribution is 2.26. The highest BCUT2D eigenvalue weighted by atomic mass is 32.2. The first-order valence-corrected chi connectivity index (χ1v) is 12.3. The molecule has 0 N–H and O–H groups in total. The fraction of sp³-hybridized carbons (Fsp3) is 0.300. The van der Waals surface area contributed by atoms with Crippen LogP contribution in [0.4, 0.5) is 0 Å². The predicted molar refractivity (Wildman–Crippen MR) is 119 cm³/mol. The van der Waals surface area contributed by atoms with Gasteiger partial charge in [0.1, 0.15) is 0 Å². The van der Waals surface area contributed by atoms with Crippen molar-refractivity contribution in [3.63, 3.8) is 0 Å². The summed E-state index contributed by atoms with van der Waals surface area (Å²) < 4.78 is 30.1. The lowest BCUT2D eigenvalue weighted by atomic mass is 10.1. The third kappa shape index (κ3) is 3.48. The number of sulfonamides is 1. The lowest BCUT2D eigenvalue weighted by Gasteiger charge is -2.24. The molecule has 0 aliphatic carbocycles. The maximum absolute atomic E-state index is 12.2. The molecular weight excluding hydrogens is 436 g/mol. The van der Waals surface area contributed by atoms with Gasteiger partial charge in [-0.15, -0.1) is 0 Å². The summed E-state index contributed by atoms with van der Waals surface area (Å²) in [4.78, 5) is 20.9. The monoisotopic (exact) mass is 456 g/mol. The van der Waals surface area contributed by atoms with Crippen molar-refractivity contribution in [2.24, 2.45) is 7.05 Å². The molecule has 0 spiro atoms. The second-order valence-electron chi connectivity index (χ2n) is 7.40. The average Bonchev–Trinajstić information content (AvgIpc) is 3.33. The molecular formula is C20H20N6O3S2. The Kier molecular flexibility index (Phi) is 4.76. The predicted octanol–water partition coefficient (Wildman–Crippen LogP) is 1.95. The Balaban J connectivity index is 1.49. The second-order valence-corrected chi connectivity index (χ2v) is 10.7. The van der Waals surface area contributed by atoms with Crippen molar-refractivity contribution in [1.82, 2.24) is 28.6 Å². The first-order chi connectivity index (χ1) is 14.9. The molecule has 0 saturated heterocycles. The van der Waals surface area contributed by atoms with Gasteiger partial charge < -0.3 is 4.57 Å². The number of fused-ring (bicyclic) bond motifs is 2. The molecule has 0 atom stereocenters. The van der Waals surface area contributed by atoms with Gasteiger partial charge in [-0.3, -0.25) is 9.78 Å². The number of aromatic nitrogens is 5. The zero-order valence-corrected chi connectivity index (χ0v) is 18.7. The number of benzene rings is 1. The van der Waals surface area contributed by atoms with Gasteiger partial charge in [0.15, 0.2) is 5.82 Å². The van der Waals surface area contributed by atoms with Gasteiger partial charge in [-0.1, -0.05) is 17.4 Å². The smallest absolute Gasteiger partial charge is 0.302 e. The maximum Gasteiger partial charge on any atom is 0.307 e. The van der Waals surface area contributed by atoms with E-state index in [9.17, 15) is 13.2 Å². The van der Waals surface area contributed by atoms with Gasteiger partial charge in [-0.05, 0) is 19.1 Å². The Bertz CT molecular complexity index is 1470. The third-order valence-electron chi connectivity index (χ3n) is 5.52. The molecule has 0 radical (unpaired) electrons. The van der Waals surface area contributed by atoms with Crippen LogP contribution in [0.25, 0.3) is 27.3 Å². The molecule has 1 aromatic carbocycles. The SMILES string of the molecule is CCS(=O)(=O)N1CCc2nn(-c3cncc(-c4ccc5c(c4)sc(=O)n5C)n3)cc2C1. The molecule has 0 bridgehead atoms. The zero-order chi connectivity index (χ0) is 21.8. The van der Waals surface area contributed by atoms with Gasteiger partial charge in [0.05, 0.1) is 39.8 Å². The topological polar surface area (TPSA) is 103 Å². The largest absolute Gasteiger partial charge is 0.307 e. The highest BCUT2D eigenvalue weighted by Gasteiger charge is 2.27. The summed E-state index contributed by atoms with van der Waals surface area (Å²) in [7, 11) is -1.48. The van der Waals surface area contributed by atoms with Gasteiger partial charge in [0.25, 0.3) is 0 Å². The maximum atomic E-state index is 12.2. The van der Waals surface area contributed by atoms with E-state index >= 15 is 0 Å². The minimum Gasteiger partial charge on any atom is -0.302 e. The van der Waals surface area contributed by atoms with Crippen LogP contribution in [-0.2, 0) is 30.0 Å². The van der Waals surface area contributed by atoms with Crippen molar-refractivity contribution in [3.8, 4) is 17.1 Å². The quantitative estimate of drug-likeness (QED) is 0.465. The van der Waals surface area contributed by atoms with Crippen molar-refractivity contribution in [2.75, 3.05) is 12.3 Å². The second kappa shape index (κ2) is 7.36. The van der Waals surface area contributed by atoms with Crippen LogP contribution in [-0.4, -0.2) is 49.3 Å². The Morgan fingerprint density at radius 1 is 1.23 bits per heavy atom. The Morgan fingerprint density at radius 2 is 2.06 bits per heavy atom. The van der Waals surface area contributed by atoms with Crippen molar-refractivity contribution < 1.29 is 8.42 Å². The minimum absolute atomic E-state index is 0.00626. The Labute approximate surface area is 182 Å². The number of hydrogen-bond acceptors (Lipinski definition) is 7. The number of thiazole rings is 1. The van der Waals surface area contributed by atoms with E-state index in [1.54, 1.807) is 35.6 Å². The zero-order valence-electron chi connectivity index (χ0n) is 17.0. The summed E-state index contributed by atoms with van der Waals surface area (Å²) >= 11 is 1.20. The summed E-state index contributed by atoms with van der Waals surface area (Å²) in [5.74, 6) is 0.642. The number of rotatable bonds is 4. The molecule has 1 aliphatic heterocycles. The molecule has 4 heterocycles. The van der Waals surface area contributed by atoms with Crippen LogP contribution in [0.3, 0.4) is 0 Å². The van der Waals surface area contributed by atoms with Crippen molar-refractivity contribution in [1.29, 1.82) is 0 Å². The molecule has 3 aromatic heterocycles. The molecule has 1 aliphatic rings. The van der Waals surface area contributed by atoms with Crippen LogP contribution in [0.1, 0.15) is 18.2 Å². The van der Waals surface area contributed by atoms with Crippen molar-refractivity contribution >= 4 is 31.6 Å². The van der Waals surface area contributed by atoms with E-state index in [0.717, 1.165) is 27.0 Å². The lowest BCUT2D eigenvalue weighted by Crippen LogP contribution is -2.36. The van der Waals surface area contributed by atoms with Gasteiger partial charge in [-0.25, -0.2) is 18.1 Å². The van der Waals surface area contributed by atoms with Crippen LogP contribution in [0.15, 0.2) is 41.6 Å². The first-order valence-electron chi connectivity index (χ1n) is 9.83.